The molecule has 3 aromatic rings. The monoisotopic (exact) mass is 340 g/mol. The first-order valence-electron chi connectivity index (χ1n) is 7.44. The Bertz CT molecular complexity index is 881. The molecule has 0 aliphatic rings. The van der Waals surface area contributed by atoms with E-state index in [9.17, 15) is 9.59 Å². The second-order valence-corrected chi connectivity index (χ2v) is 6.36. The fraction of sp³-hybridized carbons (Fsp3) is 0.167. The molecule has 2 heterocycles. The van der Waals surface area contributed by atoms with Crippen LogP contribution >= 0.6 is 11.3 Å². The molecule has 0 saturated carbocycles. The zero-order valence-electron chi connectivity index (χ0n) is 13.3. The van der Waals surface area contributed by atoms with Crippen LogP contribution in [0.3, 0.4) is 0 Å². The van der Waals surface area contributed by atoms with Crippen molar-refractivity contribution in [2.24, 2.45) is 0 Å². The predicted molar refractivity (Wildman–Crippen MR) is 93.3 cm³/mol. The first-order valence-corrected chi connectivity index (χ1v) is 8.32. The van der Waals surface area contributed by atoms with Crippen molar-refractivity contribution in [1.29, 1.82) is 0 Å². The van der Waals surface area contributed by atoms with Crippen LogP contribution in [0, 0.1) is 6.92 Å². The maximum atomic E-state index is 12.2. The lowest BCUT2D eigenvalue weighted by molar-refractivity contribution is -0.115. The number of anilines is 1. The van der Waals surface area contributed by atoms with Crippen LogP contribution in [0.2, 0.25) is 0 Å². The van der Waals surface area contributed by atoms with Gasteiger partial charge < -0.3 is 4.52 Å². The molecule has 0 aliphatic heterocycles. The molecule has 1 amide bonds. The van der Waals surface area contributed by atoms with Gasteiger partial charge in [0, 0.05) is 11.1 Å². The van der Waals surface area contributed by atoms with Crippen LogP contribution in [0.25, 0.3) is 11.3 Å². The van der Waals surface area contributed by atoms with Crippen LogP contribution in [0.1, 0.15) is 27.7 Å². The molecular formula is C18H16N2O3S. The molecule has 0 bridgehead atoms. The van der Waals surface area contributed by atoms with E-state index in [-0.39, 0.29) is 18.1 Å². The number of aromatic nitrogens is 1. The maximum absolute atomic E-state index is 12.2. The number of nitrogens with one attached hydrogen (secondary N) is 1. The first-order chi connectivity index (χ1) is 11.5. The van der Waals surface area contributed by atoms with Crippen LogP contribution in [-0.2, 0) is 11.2 Å². The molecule has 0 fully saturated rings. The lowest BCUT2D eigenvalue weighted by Crippen LogP contribution is -2.14. The normalized spacial score (nSPS) is 10.6. The Morgan fingerprint density at radius 3 is 2.67 bits per heavy atom. The van der Waals surface area contributed by atoms with E-state index in [1.54, 1.807) is 6.07 Å². The second kappa shape index (κ2) is 6.80. The predicted octanol–water partition coefficient (Wildman–Crippen LogP) is 4.10. The summed E-state index contributed by atoms with van der Waals surface area (Å²) >= 11 is 1.35. The van der Waals surface area contributed by atoms with Gasteiger partial charge in [-0.15, -0.1) is 11.3 Å². The summed E-state index contributed by atoms with van der Waals surface area (Å²) in [5.41, 5.74) is 3.23. The van der Waals surface area contributed by atoms with Gasteiger partial charge in [0.2, 0.25) is 11.8 Å². The number of carbonyl (C=O) groups excluding carboxylic acids is 2. The lowest BCUT2D eigenvalue weighted by Gasteiger charge is -2.01. The van der Waals surface area contributed by atoms with E-state index in [4.69, 9.17) is 4.52 Å². The highest BCUT2D eigenvalue weighted by Crippen LogP contribution is 2.27. The minimum absolute atomic E-state index is 0.00485. The average Bonchev–Trinajstić information content (AvgIpc) is 3.16. The minimum Gasteiger partial charge on any atom is -0.338 e. The number of benzene rings is 1. The van der Waals surface area contributed by atoms with Gasteiger partial charge in [-0.2, -0.15) is 0 Å². The van der Waals surface area contributed by atoms with Crippen molar-refractivity contribution in [3.63, 3.8) is 0 Å². The fourth-order valence-electron chi connectivity index (χ4n) is 2.33. The zero-order chi connectivity index (χ0) is 17.1. The van der Waals surface area contributed by atoms with Crippen molar-refractivity contribution in [3.8, 4) is 11.3 Å². The third kappa shape index (κ3) is 3.44. The molecule has 0 radical (unpaired) electrons. The summed E-state index contributed by atoms with van der Waals surface area (Å²) in [4.78, 5) is 24.1. The van der Waals surface area contributed by atoms with Gasteiger partial charge in [-0.25, -0.2) is 0 Å². The Morgan fingerprint density at radius 1 is 1.25 bits per heavy atom. The van der Waals surface area contributed by atoms with Gasteiger partial charge in [0.25, 0.3) is 0 Å². The van der Waals surface area contributed by atoms with Crippen LogP contribution in [-0.4, -0.2) is 16.8 Å². The molecule has 0 aliphatic carbocycles. The molecule has 0 atom stereocenters. The van der Waals surface area contributed by atoms with E-state index in [2.05, 4.69) is 10.5 Å². The molecule has 2 aromatic heterocycles. The SMILES string of the molecule is CC(=O)c1cc(CC(=O)Nc2onc(-c3ccccc3)c2C)cs1. The fourth-order valence-corrected chi connectivity index (χ4v) is 3.14. The molecule has 5 nitrogen and oxygen atoms in total. The van der Waals surface area contributed by atoms with Gasteiger partial charge in [0.1, 0.15) is 5.69 Å². The van der Waals surface area contributed by atoms with Gasteiger partial charge in [0.15, 0.2) is 5.78 Å². The number of Topliss-reactive ketones (excluding diaryl/α,β-unsaturated/α-hetero) is 1. The molecule has 122 valence electrons. The van der Waals surface area contributed by atoms with Crippen LogP contribution in [0.5, 0.6) is 0 Å². The number of thiophene rings is 1. The van der Waals surface area contributed by atoms with E-state index >= 15 is 0 Å². The van der Waals surface area contributed by atoms with Crippen molar-refractivity contribution < 1.29 is 14.1 Å². The molecular weight excluding hydrogens is 324 g/mol. The van der Waals surface area contributed by atoms with Crippen LogP contribution < -0.4 is 5.32 Å². The Hall–Kier alpha value is -2.73. The van der Waals surface area contributed by atoms with Crippen molar-refractivity contribution in [2.45, 2.75) is 20.3 Å². The highest BCUT2D eigenvalue weighted by molar-refractivity contribution is 7.12. The molecule has 0 spiro atoms. The highest BCUT2D eigenvalue weighted by atomic mass is 32.1. The molecule has 1 N–H and O–H groups in total. The summed E-state index contributed by atoms with van der Waals surface area (Å²) in [7, 11) is 0. The van der Waals surface area contributed by atoms with Gasteiger partial charge in [-0.1, -0.05) is 35.5 Å². The van der Waals surface area contributed by atoms with Crippen molar-refractivity contribution in [3.05, 3.63) is 57.8 Å². The van der Waals surface area contributed by atoms with Gasteiger partial charge >= 0.3 is 0 Å². The molecule has 3 rings (SSSR count). The number of rotatable bonds is 5. The Kier molecular flexibility index (Phi) is 4.57. The minimum atomic E-state index is -0.207. The molecule has 0 unspecified atom stereocenters. The third-order valence-electron chi connectivity index (χ3n) is 3.59. The summed E-state index contributed by atoms with van der Waals surface area (Å²) in [6, 6.07) is 11.4. The topological polar surface area (TPSA) is 72.2 Å². The van der Waals surface area contributed by atoms with E-state index in [1.165, 1.54) is 18.3 Å². The standard InChI is InChI=1S/C18H16N2O3S/c1-11-17(14-6-4-3-5-7-14)20-23-18(11)19-16(22)9-13-8-15(12(2)21)24-10-13/h3-8,10H,9H2,1-2H3,(H,19,22). The second-order valence-electron chi connectivity index (χ2n) is 5.45. The number of amides is 1. The van der Waals surface area contributed by atoms with E-state index in [0.29, 0.717) is 16.5 Å². The van der Waals surface area contributed by atoms with E-state index in [0.717, 1.165) is 16.7 Å². The summed E-state index contributed by atoms with van der Waals surface area (Å²) in [5, 5.41) is 8.60. The number of hydrogen-bond acceptors (Lipinski definition) is 5. The Balaban J connectivity index is 1.71. The molecule has 6 heteroatoms. The van der Waals surface area contributed by atoms with Gasteiger partial charge in [-0.05, 0) is 30.9 Å². The zero-order valence-corrected chi connectivity index (χ0v) is 14.1. The van der Waals surface area contributed by atoms with Gasteiger partial charge in [0.05, 0.1) is 11.3 Å². The third-order valence-corrected chi connectivity index (χ3v) is 4.67. The largest absolute Gasteiger partial charge is 0.338 e. The van der Waals surface area contributed by atoms with Crippen LogP contribution in [0.4, 0.5) is 5.88 Å². The Labute approximate surface area is 143 Å². The number of carbonyl (C=O) groups is 2. The number of nitrogens with zero attached hydrogens (tertiary/aromatic N) is 1. The maximum Gasteiger partial charge on any atom is 0.234 e. The van der Waals surface area contributed by atoms with E-state index in [1.807, 2.05) is 42.6 Å². The van der Waals surface area contributed by atoms with E-state index < -0.39 is 0 Å². The quantitative estimate of drug-likeness (QED) is 0.710. The number of hydrogen-bond donors (Lipinski definition) is 1. The van der Waals surface area contributed by atoms with Crippen molar-refractivity contribution in [2.75, 3.05) is 5.32 Å². The van der Waals surface area contributed by atoms with Crippen molar-refractivity contribution >= 4 is 28.9 Å². The summed E-state index contributed by atoms with van der Waals surface area (Å²) < 4.78 is 5.27. The summed E-state index contributed by atoms with van der Waals surface area (Å²) in [6.07, 6.45) is 0.185. The average molecular weight is 340 g/mol. The smallest absolute Gasteiger partial charge is 0.234 e. The Morgan fingerprint density at radius 2 is 2.00 bits per heavy atom. The number of ketones is 1. The lowest BCUT2D eigenvalue weighted by atomic mass is 10.1. The molecule has 1 aromatic carbocycles. The highest BCUT2D eigenvalue weighted by Gasteiger charge is 2.16. The van der Waals surface area contributed by atoms with Crippen LogP contribution in [0.15, 0.2) is 46.3 Å². The van der Waals surface area contributed by atoms with Crippen molar-refractivity contribution in [1.82, 2.24) is 5.16 Å². The first kappa shape index (κ1) is 16.1. The summed E-state index contributed by atoms with van der Waals surface area (Å²) in [6.45, 7) is 3.37. The summed E-state index contributed by atoms with van der Waals surface area (Å²) in [5.74, 6) is 0.146. The molecule has 24 heavy (non-hydrogen) atoms. The molecule has 0 saturated heterocycles. The van der Waals surface area contributed by atoms with Gasteiger partial charge in [-0.3, -0.25) is 14.9 Å².